The molecule has 0 aliphatic carbocycles. The number of amides is 1. The molecule has 2 aromatic heterocycles. The number of carbonyl (C=O) groups is 1. The van der Waals surface area contributed by atoms with Crippen LogP contribution >= 0.6 is 11.3 Å². The Bertz CT molecular complexity index is 1110. The number of alkyl halides is 3. The molecule has 0 fully saturated rings. The van der Waals surface area contributed by atoms with Crippen LogP contribution in [0.2, 0.25) is 0 Å². The molecular formula is C18H12F3N3OS. The monoisotopic (exact) mass is 375 g/mol. The molecule has 4 aromatic rings. The molecule has 0 spiro atoms. The number of thiazole rings is 1. The highest BCUT2D eigenvalue weighted by atomic mass is 32.1. The van der Waals surface area contributed by atoms with Crippen molar-refractivity contribution in [3.8, 4) is 0 Å². The molecule has 0 radical (unpaired) electrons. The molecule has 26 heavy (non-hydrogen) atoms. The fraction of sp³-hybridized carbons (Fsp3) is 0.111. The van der Waals surface area contributed by atoms with E-state index < -0.39 is 17.6 Å². The summed E-state index contributed by atoms with van der Waals surface area (Å²) in [4.78, 5) is 19.9. The van der Waals surface area contributed by atoms with Gasteiger partial charge in [-0.15, -0.1) is 0 Å². The number of aromatic nitrogens is 2. The molecular weight excluding hydrogens is 363 g/mol. The van der Waals surface area contributed by atoms with Gasteiger partial charge in [0.05, 0.1) is 21.3 Å². The normalized spacial score (nSPS) is 12.0. The van der Waals surface area contributed by atoms with E-state index >= 15 is 0 Å². The summed E-state index contributed by atoms with van der Waals surface area (Å²) in [5, 5.41) is 3.62. The highest BCUT2D eigenvalue weighted by Crippen LogP contribution is 2.33. The highest BCUT2D eigenvalue weighted by Gasteiger charge is 2.31. The lowest BCUT2D eigenvalue weighted by molar-refractivity contribution is -0.137. The van der Waals surface area contributed by atoms with E-state index in [4.69, 9.17) is 0 Å². The number of halogens is 3. The number of rotatable bonds is 2. The third-order valence-corrected chi connectivity index (χ3v) is 5.01. The molecule has 0 saturated heterocycles. The number of hydrogen-bond donors (Lipinski definition) is 2. The van der Waals surface area contributed by atoms with Crippen LogP contribution in [0.1, 0.15) is 21.6 Å². The van der Waals surface area contributed by atoms with Crippen LogP contribution < -0.4 is 5.32 Å². The first-order chi connectivity index (χ1) is 12.3. The molecule has 2 N–H and O–H groups in total. The van der Waals surface area contributed by atoms with Gasteiger partial charge in [0.15, 0.2) is 5.13 Å². The van der Waals surface area contributed by atoms with Crippen molar-refractivity contribution in [2.75, 3.05) is 5.32 Å². The fourth-order valence-corrected chi connectivity index (χ4v) is 3.75. The van der Waals surface area contributed by atoms with Crippen LogP contribution in [-0.2, 0) is 6.18 Å². The van der Waals surface area contributed by atoms with Crippen molar-refractivity contribution >= 4 is 43.5 Å². The van der Waals surface area contributed by atoms with Crippen LogP contribution in [0, 0.1) is 6.92 Å². The Hall–Kier alpha value is -2.87. The lowest BCUT2D eigenvalue weighted by atomic mass is 10.1. The van der Waals surface area contributed by atoms with E-state index in [1.165, 1.54) is 17.4 Å². The van der Waals surface area contributed by atoms with E-state index in [-0.39, 0.29) is 5.52 Å². The lowest BCUT2D eigenvalue weighted by Gasteiger charge is -2.06. The Balaban J connectivity index is 1.71. The van der Waals surface area contributed by atoms with Gasteiger partial charge in [-0.2, -0.15) is 13.2 Å². The average Bonchev–Trinajstić information content (AvgIpc) is 3.11. The minimum Gasteiger partial charge on any atom is -0.358 e. The molecule has 0 saturated carbocycles. The maximum absolute atomic E-state index is 12.9. The Kier molecular flexibility index (Phi) is 3.73. The first-order valence-corrected chi connectivity index (χ1v) is 8.51. The molecule has 2 heterocycles. The van der Waals surface area contributed by atoms with Crippen LogP contribution in [0.4, 0.5) is 18.3 Å². The van der Waals surface area contributed by atoms with E-state index in [1.54, 1.807) is 6.92 Å². The molecule has 8 heteroatoms. The van der Waals surface area contributed by atoms with Crippen molar-refractivity contribution in [1.82, 2.24) is 9.97 Å². The van der Waals surface area contributed by atoms with Crippen LogP contribution in [-0.4, -0.2) is 15.9 Å². The number of aromatic amines is 1. The van der Waals surface area contributed by atoms with Gasteiger partial charge < -0.3 is 4.98 Å². The second kappa shape index (κ2) is 5.84. The molecule has 0 unspecified atom stereocenters. The number of benzene rings is 2. The van der Waals surface area contributed by atoms with Gasteiger partial charge in [0.25, 0.3) is 5.91 Å². The zero-order chi connectivity index (χ0) is 18.5. The van der Waals surface area contributed by atoms with Gasteiger partial charge in [0.2, 0.25) is 0 Å². The van der Waals surface area contributed by atoms with Crippen LogP contribution in [0.3, 0.4) is 0 Å². The number of nitrogens with zero attached hydrogens (tertiary/aromatic N) is 1. The van der Waals surface area contributed by atoms with Gasteiger partial charge in [-0.05, 0) is 31.2 Å². The van der Waals surface area contributed by atoms with Gasteiger partial charge in [0, 0.05) is 16.6 Å². The van der Waals surface area contributed by atoms with Crippen molar-refractivity contribution < 1.29 is 18.0 Å². The summed E-state index contributed by atoms with van der Waals surface area (Å²) in [5.74, 6) is -0.410. The summed E-state index contributed by atoms with van der Waals surface area (Å²) >= 11 is 1.34. The summed E-state index contributed by atoms with van der Waals surface area (Å²) in [6.07, 6.45) is -4.43. The fourth-order valence-electron chi connectivity index (χ4n) is 2.89. The Labute approximate surface area is 149 Å². The predicted molar refractivity (Wildman–Crippen MR) is 95.6 cm³/mol. The number of para-hydroxylation sites is 1. The molecule has 4 rings (SSSR count). The minimum absolute atomic E-state index is 0.270. The molecule has 132 valence electrons. The number of carbonyl (C=O) groups excluding carboxylic acids is 1. The van der Waals surface area contributed by atoms with Gasteiger partial charge in [-0.3, -0.25) is 10.1 Å². The zero-order valence-electron chi connectivity index (χ0n) is 13.4. The van der Waals surface area contributed by atoms with Gasteiger partial charge in [-0.25, -0.2) is 4.98 Å². The Morgan fingerprint density at radius 1 is 1.19 bits per heavy atom. The largest absolute Gasteiger partial charge is 0.416 e. The van der Waals surface area contributed by atoms with E-state index in [1.807, 2.05) is 24.3 Å². The van der Waals surface area contributed by atoms with E-state index in [0.29, 0.717) is 21.8 Å². The predicted octanol–water partition coefficient (Wildman–Crippen LogP) is 5.36. The van der Waals surface area contributed by atoms with Crippen molar-refractivity contribution in [2.24, 2.45) is 0 Å². The standard InChI is InChI=1S/C18H12F3N3OS/c1-9-15(11-7-6-10(18(19,20)21)8-13(11)22-9)16(25)24-17-23-12-4-2-3-5-14(12)26-17/h2-8,22H,1H3,(H,23,24,25). The third-order valence-electron chi connectivity index (χ3n) is 4.05. The Morgan fingerprint density at radius 2 is 1.96 bits per heavy atom. The van der Waals surface area contributed by atoms with Crippen LogP contribution in [0.15, 0.2) is 42.5 Å². The number of H-pyrrole nitrogens is 1. The second-order valence-electron chi connectivity index (χ2n) is 5.82. The molecule has 0 aliphatic rings. The van der Waals surface area contributed by atoms with Crippen molar-refractivity contribution in [3.63, 3.8) is 0 Å². The smallest absolute Gasteiger partial charge is 0.358 e. The topological polar surface area (TPSA) is 57.8 Å². The number of anilines is 1. The number of nitrogens with one attached hydrogen (secondary N) is 2. The van der Waals surface area contributed by atoms with E-state index in [2.05, 4.69) is 15.3 Å². The van der Waals surface area contributed by atoms with Crippen molar-refractivity contribution in [2.45, 2.75) is 13.1 Å². The van der Waals surface area contributed by atoms with E-state index in [9.17, 15) is 18.0 Å². The second-order valence-corrected chi connectivity index (χ2v) is 6.85. The quantitative estimate of drug-likeness (QED) is 0.496. The summed E-state index contributed by atoms with van der Waals surface area (Å²) in [6.45, 7) is 1.65. The van der Waals surface area contributed by atoms with Gasteiger partial charge in [0.1, 0.15) is 0 Å². The maximum atomic E-state index is 12.9. The van der Waals surface area contributed by atoms with Crippen molar-refractivity contribution in [1.29, 1.82) is 0 Å². The molecule has 0 atom stereocenters. The highest BCUT2D eigenvalue weighted by molar-refractivity contribution is 7.22. The lowest BCUT2D eigenvalue weighted by Crippen LogP contribution is -2.12. The van der Waals surface area contributed by atoms with E-state index in [0.717, 1.165) is 22.3 Å². The Morgan fingerprint density at radius 3 is 2.69 bits per heavy atom. The first-order valence-electron chi connectivity index (χ1n) is 7.69. The van der Waals surface area contributed by atoms with Crippen molar-refractivity contribution in [3.05, 3.63) is 59.3 Å². The van der Waals surface area contributed by atoms with Gasteiger partial charge >= 0.3 is 6.18 Å². The molecule has 1 amide bonds. The maximum Gasteiger partial charge on any atom is 0.416 e. The minimum atomic E-state index is -4.43. The van der Waals surface area contributed by atoms with Crippen LogP contribution in [0.5, 0.6) is 0 Å². The number of hydrogen-bond acceptors (Lipinski definition) is 3. The summed E-state index contributed by atoms with van der Waals surface area (Å²) < 4.78 is 39.5. The summed E-state index contributed by atoms with van der Waals surface area (Å²) in [6, 6.07) is 10.8. The SMILES string of the molecule is Cc1[nH]c2cc(C(F)(F)F)ccc2c1C(=O)Nc1nc2ccccc2s1. The molecule has 4 nitrogen and oxygen atoms in total. The molecule has 0 bridgehead atoms. The third kappa shape index (κ3) is 2.82. The molecule has 2 aromatic carbocycles. The molecule has 0 aliphatic heterocycles. The number of aryl methyl sites for hydroxylation is 1. The van der Waals surface area contributed by atoms with Gasteiger partial charge in [-0.1, -0.05) is 29.5 Å². The summed E-state index contributed by atoms with van der Waals surface area (Å²) in [5.41, 5.74) is 1.10. The average molecular weight is 375 g/mol. The number of fused-ring (bicyclic) bond motifs is 2. The first kappa shape index (κ1) is 16.6. The summed E-state index contributed by atoms with van der Waals surface area (Å²) in [7, 11) is 0. The van der Waals surface area contributed by atoms with Crippen LogP contribution in [0.25, 0.3) is 21.1 Å². The zero-order valence-corrected chi connectivity index (χ0v) is 14.3.